The lowest BCUT2D eigenvalue weighted by atomic mass is 9.95. The summed E-state index contributed by atoms with van der Waals surface area (Å²) in [6, 6.07) is 16.8. The Hall–Kier alpha value is -3.66. The molecule has 2 heterocycles. The van der Waals surface area contributed by atoms with Crippen molar-refractivity contribution in [3.8, 4) is 11.8 Å². The molecule has 0 radical (unpaired) electrons. The Kier molecular flexibility index (Phi) is 5.59. The predicted octanol–water partition coefficient (Wildman–Crippen LogP) is 4.15. The molecule has 2 aliphatic rings. The van der Waals surface area contributed by atoms with Gasteiger partial charge in [-0.25, -0.2) is 4.98 Å². The monoisotopic (exact) mass is 427 g/mol. The van der Waals surface area contributed by atoms with E-state index in [1.807, 2.05) is 41.3 Å². The molecule has 0 bridgehead atoms. The first-order valence-corrected chi connectivity index (χ1v) is 11.1. The first-order chi connectivity index (χ1) is 15.7. The second-order valence-corrected chi connectivity index (χ2v) is 8.51. The van der Waals surface area contributed by atoms with Crippen molar-refractivity contribution in [2.75, 3.05) is 13.1 Å². The number of rotatable bonds is 6. The molecule has 5 rings (SSSR count). The third-order valence-electron chi connectivity index (χ3n) is 6.24. The summed E-state index contributed by atoms with van der Waals surface area (Å²) in [5, 5.41) is 16.7. The maximum absolute atomic E-state index is 13.1. The summed E-state index contributed by atoms with van der Waals surface area (Å²) in [7, 11) is 0. The first-order valence-electron chi connectivity index (χ1n) is 11.1. The zero-order valence-electron chi connectivity index (χ0n) is 17.8. The van der Waals surface area contributed by atoms with Crippen LogP contribution in [0, 0.1) is 11.3 Å². The Balaban J connectivity index is 1.19. The van der Waals surface area contributed by atoms with Gasteiger partial charge in [-0.2, -0.15) is 10.4 Å². The number of nitrogens with zero attached hydrogens (tertiary/aromatic N) is 4. The van der Waals surface area contributed by atoms with E-state index in [0.717, 1.165) is 30.1 Å². The van der Waals surface area contributed by atoms with Gasteiger partial charge in [0.2, 0.25) is 0 Å². The van der Waals surface area contributed by atoms with Gasteiger partial charge < -0.3 is 9.64 Å². The third-order valence-corrected chi connectivity index (χ3v) is 6.24. The van der Waals surface area contributed by atoms with Crippen molar-refractivity contribution >= 4 is 5.91 Å². The van der Waals surface area contributed by atoms with Gasteiger partial charge in [0, 0.05) is 36.1 Å². The number of likely N-dealkylation sites (tertiary alicyclic amines) is 1. The Morgan fingerprint density at radius 2 is 1.91 bits per heavy atom. The van der Waals surface area contributed by atoms with Gasteiger partial charge in [0.15, 0.2) is 5.82 Å². The molecule has 32 heavy (non-hydrogen) atoms. The second kappa shape index (κ2) is 8.83. The average molecular weight is 428 g/mol. The summed E-state index contributed by atoms with van der Waals surface area (Å²) < 4.78 is 5.87. The predicted molar refractivity (Wildman–Crippen MR) is 118 cm³/mol. The number of aromatic nitrogens is 3. The van der Waals surface area contributed by atoms with Gasteiger partial charge in [0.25, 0.3) is 5.91 Å². The Morgan fingerprint density at radius 3 is 2.69 bits per heavy atom. The molecule has 162 valence electrons. The summed E-state index contributed by atoms with van der Waals surface area (Å²) in [5.41, 5.74) is 2.04. The van der Waals surface area contributed by atoms with Gasteiger partial charge in [0.1, 0.15) is 18.2 Å². The van der Waals surface area contributed by atoms with Crippen molar-refractivity contribution in [2.24, 2.45) is 0 Å². The molecule has 1 saturated heterocycles. The number of nitrogens with one attached hydrogen (secondary N) is 1. The maximum Gasteiger partial charge on any atom is 0.253 e. The zero-order chi connectivity index (χ0) is 21.9. The molecule has 7 nitrogen and oxygen atoms in total. The zero-order valence-corrected chi connectivity index (χ0v) is 17.8. The van der Waals surface area contributed by atoms with Crippen LogP contribution in [0.15, 0.2) is 48.5 Å². The van der Waals surface area contributed by atoms with E-state index in [2.05, 4.69) is 21.3 Å². The van der Waals surface area contributed by atoms with E-state index in [0.29, 0.717) is 41.8 Å². The standard InChI is InChI=1S/C25H25N5O2/c26-15-20-4-1-2-5-21(20)16-32-22-7-3-6-19(14-22)25(31)30-12-10-18(11-13-30)24-27-23(28-29-24)17-8-9-17/h1-7,14,17-18H,8-13,16H2,(H,27,28,29). The molecule has 1 aliphatic heterocycles. The van der Waals surface area contributed by atoms with Crippen LogP contribution in [-0.2, 0) is 6.61 Å². The van der Waals surface area contributed by atoms with Crippen molar-refractivity contribution in [3.05, 3.63) is 76.9 Å². The Labute approximate surface area is 187 Å². The molecule has 7 heteroatoms. The lowest BCUT2D eigenvalue weighted by Crippen LogP contribution is -2.38. The molecule has 0 spiro atoms. The van der Waals surface area contributed by atoms with Crippen molar-refractivity contribution in [3.63, 3.8) is 0 Å². The minimum Gasteiger partial charge on any atom is -0.489 e. The molecular formula is C25H25N5O2. The van der Waals surface area contributed by atoms with Crippen molar-refractivity contribution < 1.29 is 9.53 Å². The van der Waals surface area contributed by atoms with Crippen LogP contribution in [-0.4, -0.2) is 39.1 Å². The topological polar surface area (TPSA) is 94.9 Å². The van der Waals surface area contributed by atoms with Crippen LogP contribution in [0.4, 0.5) is 0 Å². The number of aromatic amines is 1. The third kappa shape index (κ3) is 4.35. The Morgan fingerprint density at radius 1 is 1.09 bits per heavy atom. The molecule has 1 aromatic heterocycles. The van der Waals surface area contributed by atoms with Crippen molar-refractivity contribution in [1.29, 1.82) is 5.26 Å². The summed E-state index contributed by atoms with van der Waals surface area (Å²) in [6.07, 6.45) is 4.15. The van der Waals surface area contributed by atoms with Gasteiger partial charge in [-0.3, -0.25) is 9.89 Å². The molecule has 1 N–H and O–H groups in total. The maximum atomic E-state index is 13.1. The van der Waals surface area contributed by atoms with Crippen molar-refractivity contribution in [1.82, 2.24) is 20.1 Å². The largest absolute Gasteiger partial charge is 0.489 e. The molecule has 2 fully saturated rings. The van der Waals surface area contributed by atoms with Gasteiger partial charge in [-0.1, -0.05) is 24.3 Å². The van der Waals surface area contributed by atoms with E-state index in [-0.39, 0.29) is 12.5 Å². The summed E-state index contributed by atoms with van der Waals surface area (Å²) in [4.78, 5) is 19.7. The molecule has 1 saturated carbocycles. The number of hydrogen-bond donors (Lipinski definition) is 1. The Bertz CT molecular complexity index is 1150. The minimum atomic E-state index is 0.0163. The van der Waals surface area contributed by atoms with Gasteiger partial charge in [-0.15, -0.1) is 0 Å². The first kappa shape index (κ1) is 20.3. The summed E-state index contributed by atoms with van der Waals surface area (Å²) in [5.74, 6) is 3.42. The second-order valence-electron chi connectivity index (χ2n) is 8.51. The van der Waals surface area contributed by atoms with Crippen LogP contribution in [0.5, 0.6) is 5.75 Å². The van der Waals surface area contributed by atoms with E-state index in [1.54, 1.807) is 12.1 Å². The number of benzene rings is 2. The highest BCUT2D eigenvalue weighted by atomic mass is 16.5. The number of carbonyl (C=O) groups excluding carboxylic acids is 1. The number of H-pyrrole nitrogens is 1. The number of ether oxygens (including phenoxy) is 1. The molecule has 0 atom stereocenters. The molecular weight excluding hydrogens is 402 g/mol. The molecule has 0 unspecified atom stereocenters. The smallest absolute Gasteiger partial charge is 0.253 e. The molecule has 3 aromatic rings. The van der Waals surface area contributed by atoms with Crippen LogP contribution in [0.3, 0.4) is 0 Å². The van der Waals surface area contributed by atoms with Crippen LogP contribution in [0.1, 0.15) is 70.7 Å². The lowest BCUT2D eigenvalue weighted by molar-refractivity contribution is 0.0710. The highest BCUT2D eigenvalue weighted by Gasteiger charge is 2.31. The van der Waals surface area contributed by atoms with Gasteiger partial charge >= 0.3 is 0 Å². The van der Waals surface area contributed by atoms with E-state index in [9.17, 15) is 10.1 Å². The van der Waals surface area contributed by atoms with E-state index >= 15 is 0 Å². The fourth-order valence-corrected chi connectivity index (χ4v) is 4.17. The van der Waals surface area contributed by atoms with Crippen LogP contribution >= 0.6 is 0 Å². The highest BCUT2D eigenvalue weighted by Crippen LogP contribution is 2.38. The average Bonchev–Trinajstić information content (AvgIpc) is 3.59. The number of piperidine rings is 1. The SMILES string of the molecule is N#Cc1ccccc1COc1cccc(C(=O)N2CCC(c3nc(C4CC4)n[nH]3)CC2)c1. The van der Waals surface area contributed by atoms with Crippen LogP contribution < -0.4 is 4.74 Å². The van der Waals surface area contributed by atoms with Gasteiger partial charge in [0.05, 0.1) is 11.6 Å². The fraction of sp³-hybridized carbons (Fsp3) is 0.360. The number of hydrogen-bond acceptors (Lipinski definition) is 5. The lowest BCUT2D eigenvalue weighted by Gasteiger charge is -2.31. The van der Waals surface area contributed by atoms with E-state index in [1.165, 1.54) is 12.8 Å². The number of amides is 1. The molecule has 2 aromatic carbocycles. The highest BCUT2D eigenvalue weighted by molar-refractivity contribution is 5.94. The molecule has 1 aliphatic carbocycles. The fourth-order valence-electron chi connectivity index (χ4n) is 4.17. The summed E-state index contributed by atoms with van der Waals surface area (Å²) in [6.45, 7) is 1.68. The van der Waals surface area contributed by atoms with Gasteiger partial charge in [-0.05, 0) is 49.9 Å². The minimum absolute atomic E-state index is 0.0163. The van der Waals surface area contributed by atoms with E-state index < -0.39 is 0 Å². The van der Waals surface area contributed by atoms with Crippen LogP contribution in [0.2, 0.25) is 0 Å². The molecule has 1 amide bonds. The van der Waals surface area contributed by atoms with Crippen molar-refractivity contribution in [2.45, 2.75) is 44.1 Å². The quantitative estimate of drug-likeness (QED) is 0.638. The normalized spacial score (nSPS) is 16.5. The summed E-state index contributed by atoms with van der Waals surface area (Å²) >= 11 is 0. The van der Waals surface area contributed by atoms with Crippen LogP contribution in [0.25, 0.3) is 0 Å². The number of nitriles is 1. The van der Waals surface area contributed by atoms with E-state index in [4.69, 9.17) is 4.74 Å². The number of carbonyl (C=O) groups is 1.